The number of amides is 1. The average Bonchev–Trinajstić information content (AvgIpc) is 2.90. The molecule has 8 heteroatoms. The van der Waals surface area contributed by atoms with Crippen LogP contribution < -0.4 is 20.5 Å². The second kappa shape index (κ2) is 8.67. The second-order valence-electron chi connectivity index (χ2n) is 4.49. The standard InChI is InChI=1S/C14H20N2O5.ClH/c1-3-18-4-5-19-9(2)14(17)16-11-7-13-12(6-10(11)15)20-8-21-13;/h6-7,9H,3-5,8,15H2,1-2H3,(H,16,17);1H. The largest absolute Gasteiger partial charge is 0.454 e. The first-order valence-corrected chi connectivity index (χ1v) is 6.81. The summed E-state index contributed by atoms with van der Waals surface area (Å²) in [6.07, 6.45) is -0.602. The average molecular weight is 333 g/mol. The summed E-state index contributed by atoms with van der Waals surface area (Å²) in [6, 6.07) is 3.26. The van der Waals surface area contributed by atoms with Crippen LogP contribution >= 0.6 is 12.4 Å². The van der Waals surface area contributed by atoms with Crippen molar-refractivity contribution >= 4 is 29.7 Å². The van der Waals surface area contributed by atoms with Crippen molar-refractivity contribution in [2.75, 3.05) is 37.7 Å². The number of ether oxygens (including phenoxy) is 4. The number of anilines is 2. The molecule has 0 aromatic heterocycles. The van der Waals surface area contributed by atoms with Gasteiger partial charge in [-0.1, -0.05) is 0 Å². The highest BCUT2D eigenvalue weighted by molar-refractivity contribution is 5.97. The molecule has 2 rings (SSSR count). The van der Waals surface area contributed by atoms with E-state index in [1.54, 1.807) is 19.1 Å². The van der Waals surface area contributed by atoms with Crippen LogP contribution in [0, 0.1) is 0 Å². The Hall–Kier alpha value is -1.70. The summed E-state index contributed by atoms with van der Waals surface area (Å²) in [4.78, 5) is 12.0. The van der Waals surface area contributed by atoms with Crippen molar-refractivity contribution < 1.29 is 23.7 Å². The Kier molecular flexibility index (Phi) is 7.23. The number of rotatable bonds is 7. The van der Waals surface area contributed by atoms with Crippen molar-refractivity contribution in [2.45, 2.75) is 20.0 Å². The van der Waals surface area contributed by atoms with Crippen LogP contribution in [-0.2, 0) is 14.3 Å². The van der Waals surface area contributed by atoms with E-state index < -0.39 is 6.10 Å². The maximum atomic E-state index is 12.0. The molecular formula is C14H21ClN2O5. The summed E-state index contributed by atoms with van der Waals surface area (Å²) < 4.78 is 21.0. The third kappa shape index (κ3) is 4.66. The highest BCUT2D eigenvalue weighted by Crippen LogP contribution is 2.38. The lowest BCUT2D eigenvalue weighted by Crippen LogP contribution is -2.29. The van der Waals surface area contributed by atoms with Gasteiger partial charge in [-0.05, 0) is 13.8 Å². The molecule has 1 heterocycles. The Morgan fingerprint density at radius 2 is 2.05 bits per heavy atom. The summed E-state index contributed by atoms with van der Waals surface area (Å²) >= 11 is 0. The minimum absolute atomic E-state index is 0. The van der Waals surface area contributed by atoms with Gasteiger partial charge in [-0.25, -0.2) is 0 Å². The van der Waals surface area contributed by atoms with E-state index in [4.69, 9.17) is 24.7 Å². The van der Waals surface area contributed by atoms with Gasteiger partial charge in [-0.2, -0.15) is 0 Å². The molecule has 1 atom stereocenters. The normalized spacial score (nSPS) is 13.4. The van der Waals surface area contributed by atoms with Gasteiger partial charge in [-0.15, -0.1) is 12.4 Å². The van der Waals surface area contributed by atoms with Gasteiger partial charge in [0.2, 0.25) is 6.79 Å². The fourth-order valence-electron chi connectivity index (χ4n) is 1.80. The first-order valence-electron chi connectivity index (χ1n) is 6.81. The van der Waals surface area contributed by atoms with Crippen molar-refractivity contribution in [1.82, 2.24) is 0 Å². The highest BCUT2D eigenvalue weighted by atomic mass is 35.5. The molecule has 1 aliphatic heterocycles. The van der Waals surface area contributed by atoms with Crippen LogP contribution in [0.4, 0.5) is 11.4 Å². The van der Waals surface area contributed by atoms with Gasteiger partial charge in [0.15, 0.2) is 11.5 Å². The molecule has 1 aliphatic rings. The molecule has 0 bridgehead atoms. The van der Waals surface area contributed by atoms with Crippen LogP contribution in [0.1, 0.15) is 13.8 Å². The fraction of sp³-hybridized carbons (Fsp3) is 0.500. The molecule has 0 saturated carbocycles. The maximum absolute atomic E-state index is 12.0. The van der Waals surface area contributed by atoms with Crippen molar-refractivity contribution in [1.29, 1.82) is 0 Å². The zero-order valence-electron chi connectivity index (χ0n) is 12.6. The Bertz CT molecular complexity index is 512. The number of nitrogens with two attached hydrogens (primary N) is 1. The van der Waals surface area contributed by atoms with E-state index in [1.807, 2.05) is 6.92 Å². The summed E-state index contributed by atoms with van der Waals surface area (Å²) in [5.74, 6) is 0.855. The molecule has 0 radical (unpaired) electrons. The summed E-state index contributed by atoms with van der Waals surface area (Å²) in [7, 11) is 0. The molecule has 3 N–H and O–H groups in total. The van der Waals surface area contributed by atoms with Crippen LogP contribution in [0.5, 0.6) is 11.5 Å². The molecule has 22 heavy (non-hydrogen) atoms. The zero-order chi connectivity index (χ0) is 15.2. The van der Waals surface area contributed by atoms with Gasteiger partial charge in [0, 0.05) is 18.7 Å². The molecule has 0 spiro atoms. The number of nitrogen functional groups attached to an aromatic ring is 1. The maximum Gasteiger partial charge on any atom is 0.253 e. The van der Waals surface area contributed by atoms with Gasteiger partial charge in [0.05, 0.1) is 24.6 Å². The van der Waals surface area contributed by atoms with E-state index in [0.717, 1.165) is 0 Å². The van der Waals surface area contributed by atoms with Crippen molar-refractivity contribution in [3.8, 4) is 11.5 Å². The SMILES string of the molecule is CCOCCOC(C)C(=O)Nc1cc2c(cc1N)OCO2.Cl. The van der Waals surface area contributed by atoms with E-state index in [-0.39, 0.29) is 25.1 Å². The predicted molar refractivity (Wildman–Crippen MR) is 84.8 cm³/mol. The number of hydrogen-bond acceptors (Lipinski definition) is 6. The van der Waals surface area contributed by atoms with Gasteiger partial charge in [0.25, 0.3) is 5.91 Å². The van der Waals surface area contributed by atoms with Crippen molar-refractivity contribution in [3.63, 3.8) is 0 Å². The number of hydrogen-bond donors (Lipinski definition) is 2. The lowest BCUT2D eigenvalue weighted by molar-refractivity contribution is -0.127. The molecule has 1 amide bonds. The number of carbonyl (C=O) groups excluding carboxylic acids is 1. The molecule has 0 aliphatic carbocycles. The molecule has 1 aromatic carbocycles. The Labute approximate surface area is 135 Å². The van der Waals surface area contributed by atoms with Crippen LogP contribution in [-0.4, -0.2) is 38.6 Å². The molecule has 0 saturated heterocycles. The quantitative estimate of drug-likeness (QED) is 0.584. The molecular weight excluding hydrogens is 312 g/mol. The monoisotopic (exact) mass is 332 g/mol. The van der Waals surface area contributed by atoms with Crippen molar-refractivity contribution in [2.24, 2.45) is 0 Å². The Morgan fingerprint density at radius 3 is 2.73 bits per heavy atom. The summed E-state index contributed by atoms with van der Waals surface area (Å²) in [5.41, 5.74) is 6.76. The molecule has 1 unspecified atom stereocenters. The zero-order valence-corrected chi connectivity index (χ0v) is 13.4. The summed E-state index contributed by atoms with van der Waals surface area (Å²) in [6.45, 7) is 5.17. The third-order valence-electron chi connectivity index (χ3n) is 2.97. The van der Waals surface area contributed by atoms with E-state index >= 15 is 0 Å². The van der Waals surface area contributed by atoms with Gasteiger partial charge in [0.1, 0.15) is 6.10 Å². The number of carbonyl (C=O) groups is 1. The molecule has 0 fully saturated rings. The van der Waals surface area contributed by atoms with Gasteiger partial charge >= 0.3 is 0 Å². The lowest BCUT2D eigenvalue weighted by Gasteiger charge is -2.14. The topological polar surface area (TPSA) is 92.0 Å². The van der Waals surface area contributed by atoms with Crippen LogP contribution in [0.25, 0.3) is 0 Å². The van der Waals surface area contributed by atoms with E-state index in [1.165, 1.54) is 0 Å². The lowest BCUT2D eigenvalue weighted by atomic mass is 10.2. The fourth-order valence-corrected chi connectivity index (χ4v) is 1.80. The number of fused-ring (bicyclic) bond motifs is 1. The second-order valence-corrected chi connectivity index (χ2v) is 4.49. The minimum Gasteiger partial charge on any atom is -0.454 e. The van der Waals surface area contributed by atoms with Gasteiger partial charge in [-0.3, -0.25) is 4.79 Å². The smallest absolute Gasteiger partial charge is 0.253 e. The minimum atomic E-state index is -0.602. The first kappa shape index (κ1) is 18.3. The van der Waals surface area contributed by atoms with E-state index in [0.29, 0.717) is 42.7 Å². The van der Waals surface area contributed by atoms with Crippen LogP contribution in [0.2, 0.25) is 0 Å². The highest BCUT2D eigenvalue weighted by Gasteiger charge is 2.19. The predicted octanol–water partition coefficient (Wildman–Crippen LogP) is 1.80. The first-order chi connectivity index (χ1) is 10.1. The molecule has 124 valence electrons. The third-order valence-corrected chi connectivity index (χ3v) is 2.97. The Morgan fingerprint density at radius 1 is 1.36 bits per heavy atom. The van der Waals surface area contributed by atoms with Gasteiger partial charge < -0.3 is 30.0 Å². The molecule has 1 aromatic rings. The summed E-state index contributed by atoms with van der Waals surface area (Å²) in [5, 5.41) is 2.72. The number of nitrogens with one attached hydrogen (secondary N) is 1. The number of halogens is 1. The molecule has 7 nitrogen and oxygen atoms in total. The number of benzene rings is 1. The van der Waals surface area contributed by atoms with E-state index in [2.05, 4.69) is 5.32 Å². The van der Waals surface area contributed by atoms with Crippen LogP contribution in [0.15, 0.2) is 12.1 Å². The van der Waals surface area contributed by atoms with Crippen molar-refractivity contribution in [3.05, 3.63) is 12.1 Å². The van der Waals surface area contributed by atoms with E-state index in [9.17, 15) is 4.79 Å². The Balaban J connectivity index is 0.00000242. The van der Waals surface area contributed by atoms with Crippen LogP contribution in [0.3, 0.4) is 0 Å².